The molecule has 108 valence electrons. The Balaban J connectivity index is 2.33. The predicted molar refractivity (Wildman–Crippen MR) is 80.0 cm³/mol. The molecule has 0 unspecified atom stereocenters. The number of aromatic hydroxyl groups is 2. The average molecular weight is 306 g/mol. The Labute approximate surface area is 124 Å². The Hall–Kier alpha value is -2.67. The number of benzene rings is 2. The number of nitrogens with two attached hydrogens (primary N) is 1. The zero-order valence-corrected chi connectivity index (χ0v) is 11.4. The van der Waals surface area contributed by atoms with E-state index in [0.717, 1.165) is 18.2 Å². The van der Waals surface area contributed by atoms with Gasteiger partial charge in [-0.05, 0) is 30.3 Å². The predicted octanol–water partition coefficient (Wildman–Crippen LogP) is 2.12. The first-order valence-corrected chi connectivity index (χ1v) is 6.21. The number of anilines is 1. The third-order valence-electron chi connectivity index (χ3n) is 2.66. The molecular formula is C14H11FN2O3S. The van der Waals surface area contributed by atoms with Gasteiger partial charge in [-0.3, -0.25) is 4.79 Å². The summed E-state index contributed by atoms with van der Waals surface area (Å²) in [4.78, 5) is 12.0. The summed E-state index contributed by atoms with van der Waals surface area (Å²) in [5, 5.41) is 21.2. The molecule has 0 saturated heterocycles. The topological polar surface area (TPSA) is 95.6 Å². The smallest absolute Gasteiger partial charge is 0.255 e. The summed E-state index contributed by atoms with van der Waals surface area (Å²) in [6.45, 7) is 0. The second-order valence-electron chi connectivity index (χ2n) is 4.25. The largest absolute Gasteiger partial charge is 0.508 e. The number of rotatable bonds is 3. The second kappa shape index (κ2) is 5.76. The van der Waals surface area contributed by atoms with E-state index in [4.69, 9.17) is 18.0 Å². The Kier molecular flexibility index (Phi) is 4.04. The lowest BCUT2D eigenvalue weighted by Crippen LogP contribution is -2.17. The second-order valence-corrected chi connectivity index (χ2v) is 4.69. The number of nitrogens with one attached hydrogen (secondary N) is 1. The number of halogens is 1. The van der Waals surface area contributed by atoms with Crippen LogP contribution in [-0.2, 0) is 0 Å². The van der Waals surface area contributed by atoms with Crippen molar-refractivity contribution in [3.63, 3.8) is 0 Å². The summed E-state index contributed by atoms with van der Waals surface area (Å²) < 4.78 is 13.2. The van der Waals surface area contributed by atoms with Crippen LogP contribution in [0.2, 0.25) is 0 Å². The lowest BCUT2D eigenvalue weighted by atomic mass is 10.1. The fourth-order valence-corrected chi connectivity index (χ4v) is 1.92. The SMILES string of the molecule is NC(=S)c1cc(F)ccc1NC(=O)c1cc(O)cc(O)c1. The highest BCUT2D eigenvalue weighted by Crippen LogP contribution is 2.22. The highest BCUT2D eigenvalue weighted by Gasteiger charge is 2.13. The van der Waals surface area contributed by atoms with Gasteiger partial charge in [0.25, 0.3) is 5.91 Å². The molecule has 0 aromatic heterocycles. The maximum absolute atomic E-state index is 13.2. The molecule has 5 nitrogen and oxygen atoms in total. The highest BCUT2D eigenvalue weighted by molar-refractivity contribution is 7.80. The number of carbonyl (C=O) groups is 1. The fourth-order valence-electron chi connectivity index (χ4n) is 1.75. The van der Waals surface area contributed by atoms with Gasteiger partial charge in [0.1, 0.15) is 22.3 Å². The van der Waals surface area contributed by atoms with Crippen molar-refractivity contribution in [3.8, 4) is 11.5 Å². The van der Waals surface area contributed by atoms with Crippen molar-refractivity contribution in [2.75, 3.05) is 5.32 Å². The number of phenolic OH excluding ortho intramolecular Hbond substituents is 2. The number of hydrogen-bond acceptors (Lipinski definition) is 4. The van der Waals surface area contributed by atoms with Crippen LogP contribution in [0.3, 0.4) is 0 Å². The molecule has 1 amide bonds. The van der Waals surface area contributed by atoms with Crippen molar-refractivity contribution in [3.05, 3.63) is 53.3 Å². The van der Waals surface area contributed by atoms with E-state index in [-0.39, 0.29) is 33.3 Å². The van der Waals surface area contributed by atoms with Gasteiger partial charge < -0.3 is 21.3 Å². The first kappa shape index (κ1) is 14.7. The quantitative estimate of drug-likeness (QED) is 0.652. The third-order valence-corrected chi connectivity index (χ3v) is 2.88. The van der Waals surface area contributed by atoms with Gasteiger partial charge >= 0.3 is 0 Å². The van der Waals surface area contributed by atoms with Gasteiger partial charge in [0.05, 0.1) is 5.69 Å². The summed E-state index contributed by atoms with van der Waals surface area (Å²) in [7, 11) is 0. The van der Waals surface area contributed by atoms with E-state index in [1.165, 1.54) is 18.2 Å². The number of phenols is 2. The molecule has 5 N–H and O–H groups in total. The van der Waals surface area contributed by atoms with E-state index in [0.29, 0.717) is 0 Å². The Morgan fingerprint density at radius 2 is 1.76 bits per heavy atom. The molecule has 0 spiro atoms. The van der Waals surface area contributed by atoms with Crippen LogP contribution < -0.4 is 11.1 Å². The highest BCUT2D eigenvalue weighted by atomic mass is 32.1. The van der Waals surface area contributed by atoms with Gasteiger partial charge in [-0.1, -0.05) is 12.2 Å². The summed E-state index contributed by atoms with van der Waals surface area (Å²) in [5.41, 5.74) is 5.93. The minimum Gasteiger partial charge on any atom is -0.508 e. The molecule has 2 aromatic rings. The number of amides is 1. The van der Waals surface area contributed by atoms with Crippen LogP contribution in [0.4, 0.5) is 10.1 Å². The number of thiocarbonyl (C=S) groups is 1. The van der Waals surface area contributed by atoms with Crippen LogP contribution in [0.15, 0.2) is 36.4 Å². The molecule has 0 heterocycles. The average Bonchev–Trinajstić information content (AvgIpc) is 2.39. The molecular weight excluding hydrogens is 295 g/mol. The van der Waals surface area contributed by atoms with Gasteiger partial charge in [0.15, 0.2) is 0 Å². The van der Waals surface area contributed by atoms with Gasteiger partial charge in [0.2, 0.25) is 0 Å². The van der Waals surface area contributed by atoms with Crippen LogP contribution in [0, 0.1) is 5.82 Å². The molecule has 2 rings (SSSR count). The Morgan fingerprint density at radius 3 is 2.33 bits per heavy atom. The lowest BCUT2D eigenvalue weighted by molar-refractivity contribution is 0.102. The van der Waals surface area contributed by atoms with E-state index in [9.17, 15) is 19.4 Å². The lowest BCUT2D eigenvalue weighted by Gasteiger charge is -2.10. The van der Waals surface area contributed by atoms with E-state index in [2.05, 4.69) is 5.32 Å². The van der Waals surface area contributed by atoms with Crippen molar-refractivity contribution >= 4 is 28.8 Å². The van der Waals surface area contributed by atoms with Crippen molar-refractivity contribution in [2.24, 2.45) is 5.73 Å². The van der Waals surface area contributed by atoms with Crippen molar-refractivity contribution in [1.82, 2.24) is 0 Å². The molecule has 0 saturated carbocycles. The molecule has 0 bridgehead atoms. The van der Waals surface area contributed by atoms with Crippen molar-refractivity contribution in [1.29, 1.82) is 0 Å². The molecule has 0 fully saturated rings. The van der Waals surface area contributed by atoms with Gasteiger partial charge in [-0.15, -0.1) is 0 Å². The minimum absolute atomic E-state index is 0.0331. The van der Waals surface area contributed by atoms with Crippen LogP contribution in [0.1, 0.15) is 15.9 Å². The van der Waals surface area contributed by atoms with Crippen molar-refractivity contribution < 1.29 is 19.4 Å². The van der Waals surface area contributed by atoms with Gasteiger partial charge in [-0.2, -0.15) is 0 Å². The van der Waals surface area contributed by atoms with Crippen LogP contribution >= 0.6 is 12.2 Å². The molecule has 0 aliphatic heterocycles. The van der Waals surface area contributed by atoms with Crippen LogP contribution in [-0.4, -0.2) is 21.1 Å². The number of carbonyl (C=O) groups excluding carboxylic acids is 1. The monoisotopic (exact) mass is 306 g/mol. The van der Waals surface area contributed by atoms with Crippen LogP contribution in [0.5, 0.6) is 11.5 Å². The molecule has 0 aliphatic rings. The van der Waals surface area contributed by atoms with Crippen LogP contribution in [0.25, 0.3) is 0 Å². The third kappa shape index (κ3) is 3.46. The van der Waals surface area contributed by atoms with Gasteiger partial charge in [-0.25, -0.2) is 4.39 Å². The normalized spacial score (nSPS) is 10.1. The summed E-state index contributed by atoms with van der Waals surface area (Å²) in [5.74, 6) is -1.65. The standard InChI is InChI=1S/C14H11FN2O3S/c15-8-1-2-12(11(5-8)13(16)21)17-14(20)7-3-9(18)6-10(19)4-7/h1-6,18-19H,(H2,16,21)(H,17,20). The van der Waals surface area contributed by atoms with E-state index in [1.54, 1.807) is 0 Å². The molecule has 0 atom stereocenters. The Bertz CT molecular complexity index is 714. The maximum Gasteiger partial charge on any atom is 0.255 e. The van der Waals surface area contributed by atoms with E-state index < -0.39 is 11.7 Å². The van der Waals surface area contributed by atoms with E-state index in [1.807, 2.05) is 0 Å². The zero-order valence-electron chi connectivity index (χ0n) is 10.6. The summed E-state index contributed by atoms with van der Waals surface area (Å²) in [6, 6.07) is 7.03. The number of hydrogen-bond donors (Lipinski definition) is 4. The molecule has 2 aromatic carbocycles. The Morgan fingerprint density at radius 1 is 1.14 bits per heavy atom. The molecule has 7 heteroatoms. The first-order valence-electron chi connectivity index (χ1n) is 5.80. The molecule has 0 aliphatic carbocycles. The fraction of sp³-hybridized carbons (Fsp3) is 0. The summed E-state index contributed by atoms with van der Waals surface area (Å²) >= 11 is 4.80. The maximum atomic E-state index is 13.2. The first-order chi connectivity index (χ1) is 9.86. The molecule has 0 radical (unpaired) electrons. The minimum atomic E-state index is -0.606. The van der Waals surface area contributed by atoms with E-state index >= 15 is 0 Å². The van der Waals surface area contributed by atoms with Crippen molar-refractivity contribution in [2.45, 2.75) is 0 Å². The molecule has 21 heavy (non-hydrogen) atoms. The van der Waals surface area contributed by atoms with Gasteiger partial charge in [0, 0.05) is 17.2 Å². The zero-order chi connectivity index (χ0) is 15.6. The summed E-state index contributed by atoms with van der Waals surface area (Å²) in [6.07, 6.45) is 0.